The maximum atomic E-state index is 13.9. The highest BCUT2D eigenvalue weighted by Gasteiger charge is 2.39. The second-order valence-corrected chi connectivity index (χ2v) is 10.6. The molecule has 6 nitrogen and oxygen atoms in total. The van der Waals surface area contributed by atoms with E-state index in [0.717, 1.165) is 71.0 Å². The third-order valence-electron chi connectivity index (χ3n) is 8.57. The number of nitrogens with one attached hydrogen (secondary N) is 2. The average Bonchev–Trinajstić information content (AvgIpc) is 3.52. The largest absolute Gasteiger partial charge is 0.343 e. The lowest BCUT2D eigenvalue weighted by Gasteiger charge is -2.38. The zero-order chi connectivity index (χ0) is 24.1. The molecule has 0 bridgehead atoms. The Hall–Kier alpha value is -1.92. The van der Waals surface area contributed by atoms with Crippen LogP contribution in [-0.2, 0) is 22.4 Å². The second kappa shape index (κ2) is 11.7. The average molecular weight is 469 g/mol. The normalized spacial score (nSPS) is 23.2. The molecule has 0 spiro atoms. The summed E-state index contributed by atoms with van der Waals surface area (Å²) >= 11 is 0. The fraction of sp³-hybridized carbons (Fsp3) is 0.714. The number of hydrogen-bond donors (Lipinski definition) is 2. The van der Waals surface area contributed by atoms with Crippen molar-refractivity contribution in [1.82, 2.24) is 20.4 Å². The van der Waals surface area contributed by atoms with E-state index in [1.807, 2.05) is 6.92 Å². The van der Waals surface area contributed by atoms with E-state index >= 15 is 0 Å². The zero-order valence-electron chi connectivity index (χ0n) is 21.4. The molecule has 3 unspecified atom stereocenters. The molecule has 1 aromatic carbocycles. The summed E-state index contributed by atoms with van der Waals surface area (Å²) in [6.45, 7) is 6.84. The number of likely N-dealkylation sites (tertiary alicyclic amines) is 1. The van der Waals surface area contributed by atoms with Gasteiger partial charge in [0.15, 0.2) is 0 Å². The van der Waals surface area contributed by atoms with Crippen molar-refractivity contribution in [2.24, 2.45) is 5.92 Å². The third-order valence-corrected chi connectivity index (χ3v) is 8.57. The van der Waals surface area contributed by atoms with Crippen molar-refractivity contribution in [3.8, 4) is 0 Å². The van der Waals surface area contributed by atoms with Gasteiger partial charge in [0.1, 0.15) is 6.04 Å². The van der Waals surface area contributed by atoms with Gasteiger partial charge in [0.25, 0.3) is 0 Å². The van der Waals surface area contributed by atoms with Gasteiger partial charge in [0.2, 0.25) is 11.8 Å². The molecule has 1 aromatic rings. The maximum Gasteiger partial charge on any atom is 0.245 e. The number of hydrogen-bond acceptors (Lipinski definition) is 4. The van der Waals surface area contributed by atoms with Gasteiger partial charge in [0.05, 0.1) is 6.04 Å². The van der Waals surface area contributed by atoms with Crippen LogP contribution in [0, 0.1) is 5.92 Å². The minimum absolute atomic E-state index is 0.0684. The lowest BCUT2D eigenvalue weighted by Crippen LogP contribution is -2.57. The molecule has 4 rings (SSSR count). The fourth-order valence-electron chi connectivity index (χ4n) is 6.35. The van der Waals surface area contributed by atoms with Crippen LogP contribution in [-0.4, -0.2) is 72.5 Å². The lowest BCUT2D eigenvalue weighted by atomic mass is 9.83. The molecule has 1 saturated carbocycles. The number of nitrogens with zero attached hydrogens (tertiary/aromatic N) is 2. The van der Waals surface area contributed by atoms with Crippen molar-refractivity contribution in [3.63, 3.8) is 0 Å². The van der Waals surface area contributed by atoms with Gasteiger partial charge >= 0.3 is 0 Å². The summed E-state index contributed by atoms with van der Waals surface area (Å²) in [7, 11) is 1.79. The van der Waals surface area contributed by atoms with Gasteiger partial charge in [-0.3, -0.25) is 14.5 Å². The van der Waals surface area contributed by atoms with Gasteiger partial charge in [-0.15, -0.1) is 0 Å². The number of likely N-dealkylation sites (N-methyl/N-ethyl adjacent to an activating group) is 2. The van der Waals surface area contributed by atoms with Crippen LogP contribution < -0.4 is 10.6 Å². The lowest BCUT2D eigenvalue weighted by molar-refractivity contribution is -0.139. The molecule has 2 N–H and O–H groups in total. The van der Waals surface area contributed by atoms with Gasteiger partial charge < -0.3 is 15.5 Å². The fourth-order valence-corrected chi connectivity index (χ4v) is 6.35. The molecule has 34 heavy (non-hydrogen) atoms. The highest BCUT2D eigenvalue weighted by Crippen LogP contribution is 2.31. The first-order valence-electron chi connectivity index (χ1n) is 13.6. The molecule has 0 radical (unpaired) electrons. The minimum atomic E-state index is -0.394. The van der Waals surface area contributed by atoms with Crippen LogP contribution in [0.1, 0.15) is 69.9 Å². The number of fused-ring (bicyclic) bond motifs is 1. The van der Waals surface area contributed by atoms with Gasteiger partial charge in [-0.2, -0.15) is 0 Å². The summed E-state index contributed by atoms with van der Waals surface area (Å²) in [6, 6.07) is 8.87. The Balaban J connectivity index is 1.45. The van der Waals surface area contributed by atoms with E-state index in [1.54, 1.807) is 7.05 Å². The van der Waals surface area contributed by atoms with Crippen LogP contribution in [0.5, 0.6) is 0 Å². The van der Waals surface area contributed by atoms with Crippen molar-refractivity contribution < 1.29 is 9.59 Å². The van der Waals surface area contributed by atoms with E-state index in [1.165, 1.54) is 17.5 Å². The molecular weight excluding hydrogens is 424 g/mol. The highest BCUT2D eigenvalue weighted by molar-refractivity contribution is 5.90. The number of carbonyl (C=O) groups excluding carboxylic acids is 2. The summed E-state index contributed by atoms with van der Waals surface area (Å²) in [6.07, 6.45) is 9.93. The first-order chi connectivity index (χ1) is 16.5. The van der Waals surface area contributed by atoms with Gasteiger partial charge in [-0.25, -0.2) is 0 Å². The Bertz CT molecular complexity index is 812. The number of rotatable bonds is 9. The quantitative estimate of drug-likeness (QED) is 0.584. The standard InChI is InChI=1S/C28H44N4O2/c1-4-31(25-17-22-13-8-9-14-23(22)18-25)19-24-15-10-16-32(24)28(34)26(21-11-6-5-7-12-21)30-27(33)20(2)29-3/h8-9,13-14,20-21,24-26,29H,4-7,10-12,15-19H2,1-3H3,(H,30,33). The molecule has 2 amide bonds. The van der Waals surface area contributed by atoms with Crippen LogP contribution in [0.3, 0.4) is 0 Å². The predicted octanol–water partition coefficient (Wildman–Crippen LogP) is 3.14. The van der Waals surface area contributed by atoms with Crippen molar-refractivity contribution in [2.75, 3.05) is 26.7 Å². The van der Waals surface area contributed by atoms with Crippen molar-refractivity contribution in [2.45, 2.75) is 95.8 Å². The van der Waals surface area contributed by atoms with Crippen LogP contribution in [0.2, 0.25) is 0 Å². The molecular formula is C28H44N4O2. The summed E-state index contributed by atoms with van der Waals surface area (Å²) < 4.78 is 0. The van der Waals surface area contributed by atoms with E-state index in [0.29, 0.717) is 6.04 Å². The first-order valence-corrected chi connectivity index (χ1v) is 13.6. The Kier molecular flexibility index (Phi) is 8.65. The Morgan fingerprint density at radius 3 is 2.35 bits per heavy atom. The second-order valence-electron chi connectivity index (χ2n) is 10.6. The Morgan fingerprint density at radius 2 is 1.74 bits per heavy atom. The number of benzene rings is 1. The van der Waals surface area contributed by atoms with E-state index in [9.17, 15) is 9.59 Å². The minimum Gasteiger partial charge on any atom is -0.343 e. The summed E-state index contributed by atoms with van der Waals surface area (Å²) in [5.41, 5.74) is 2.95. The smallest absolute Gasteiger partial charge is 0.245 e. The predicted molar refractivity (Wildman–Crippen MR) is 137 cm³/mol. The molecule has 2 fully saturated rings. The van der Waals surface area contributed by atoms with E-state index < -0.39 is 6.04 Å². The van der Waals surface area contributed by atoms with E-state index in [4.69, 9.17) is 0 Å². The first kappa shape index (κ1) is 25.2. The SMILES string of the molecule is CCN(CC1CCCN1C(=O)C(NC(=O)C(C)NC)C1CCCCC1)C1Cc2ccccc2C1. The molecule has 2 aliphatic carbocycles. The van der Waals surface area contributed by atoms with Crippen LogP contribution in [0.4, 0.5) is 0 Å². The topological polar surface area (TPSA) is 64.7 Å². The molecule has 188 valence electrons. The maximum absolute atomic E-state index is 13.9. The monoisotopic (exact) mass is 468 g/mol. The summed E-state index contributed by atoms with van der Waals surface area (Å²) in [5.74, 6) is 0.333. The van der Waals surface area contributed by atoms with Crippen LogP contribution in [0.25, 0.3) is 0 Å². The summed E-state index contributed by atoms with van der Waals surface area (Å²) in [4.78, 5) is 31.4. The molecule has 1 aliphatic heterocycles. The third kappa shape index (κ3) is 5.65. The van der Waals surface area contributed by atoms with Crippen LogP contribution in [0.15, 0.2) is 24.3 Å². The Labute approximate surface area is 205 Å². The van der Waals surface area contributed by atoms with E-state index in [2.05, 4.69) is 51.6 Å². The number of amides is 2. The van der Waals surface area contributed by atoms with Crippen molar-refractivity contribution in [1.29, 1.82) is 0 Å². The zero-order valence-corrected chi connectivity index (χ0v) is 21.4. The molecule has 6 heteroatoms. The van der Waals surface area contributed by atoms with Crippen molar-refractivity contribution >= 4 is 11.8 Å². The highest BCUT2D eigenvalue weighted by atomic mass is 16.2. The Morgan fingerprint density at radius 1 is 1.06 bits per heavy atom. The van der Waals surface area contributed by atoms with Gasteiger partial charge in [0, 0.05) is 25.2 Å². The molecule has 3 atom stereocenters. The van der Waals surface area contributed by atoms with E-state index in [-0.39, 0.29) is 29.8 Å². The summed E-state index contributed by atoms with van der Waals surface area (Å²) in [5, 5.41) is 6.18. The number of carbonyl (C=O) groups is 2. The van der Waals surface area contributed by atoms with Gasteiger partial charge in [-0.1, -0.05) is 50.5 Å². The molecule has 0 aromatic heterocycles. The molecule has 1 heterocycles. The molecule has 1 saturated heterocycles. The van der Waals surface area contributed by atoms with Crippen molar-refractivity contribution in [3.05, 3.63) is 35.4 Å². The van der Waals surface area contributed by atoms with Crippen LogP contribution >= 0.6 is 0 Å². The van der Waals surface area contributed by atoms with Gasteiger partial charge in [-0.05, 0) is 76.1 Å². The molecule has 3 aliphatic rings.